The van der Waals surface area contributed by atoms with Gasteiger partial charge in [0.05, 0.1) is 11.7 Å². The van der Waals surface area contributed by atoms with Crippen molar-refractivity contribution in [1.29, 1.82) is 0 Å². The maximum absolute atomic E-state index is 11.6. The number of carbonyl (C=O) groups excluding carboxylic acids is 2. The van der Waals surface area contributed by atoms with Crippen molar-refractivity contribution in [2.45, 2.75) is 117 Å². The van der Waals surface area contributed by atoms with Gasteiger partial charge >= 0.3 is 11.9 Å². The maximum atomic E-state index is 11.6. The van der Waals surface area contributed by atoms with E-state index < -0.39 is 11.7 Å². The number of carbonyl (C=O) groups is 2. The highest BCUT2D eigenvalue weighted by molar-refractivity contribution is 5.67. The van der Waals surface area contributed by atoms with Crippen LogP contribution in [0.5, 0.6) is 0 Å². The molecule has 202 valence electrons. The fourth-order valence-corrected chi connectivity index (χ4v) is 6.74. The number of esters is 2. The predicted octanol–water partition coefficient (Wildman–Crippen LogP) is 5.84. The number of fused-ring (bicyclic) bond motifs is 1. The molecule has 0 bridgehead atoms. The average Bonchev–Trinajstić information content (AvgIpc) is 3.10. The van der Waals surface area contributed by atoms with Gasteiger partial charge in [0.15, 0.2) is 0 Å². The van der Waals surface area contributed by atoms with E-state index >= 15 is 0 Å². The largest absolute Gasteiger partial charge is 0.462 e. The Morgan fingerprint density at radius 2 is 1.89 bits per heavy atom. The van der Waals surface area contributed by atoms with Crippen molar-refractivity contribution in [3.63, 3.8) is 0 Å². The summed E-state index contributed by atoms with van der Waals surface area (Å²) in [5.74, 6) is 0.317. The minimum Gasteiger partial charge on any atom is -0.462 e. The third-order valence-electron chi connectivity index (χ3n) is 8.56. The van der Waals surface area contributed by atoms with Crippen molar-refractivity contribution in [3.05, 3.63) is 35.5 Å². The second kappa shape index (κ2) is 11.6. The summed E-state index contributed by atoms with van der Waals surface area (Å²) in [5, 5.41) is 10.0. The van der Waals surface area contributed by atoms with Gasteiger partial charge < -0.3 is 19.3 Å². The highest BCUT2D eigenvalue weighted by Gasteiger charge is 2.51. The molecule has 1 N–H and O–H groups in total. The second-order valence-electron chi connectivity index (χ2n) is 12.0. The molecule has 0 saturated heterocycles. The van der Waals surface area contributed by atoms with E-state index in [1.807, 2.05) is 13.8 Å². The van der Waals surface area contributed by atoms with Crippen LogP contribution in [0.15, 0.2) is 35.5 Å². The first kappa shape index (κ1) is 28.6. The van der Waals surface area contributed by atoms with Crippen LogP contribution >= 0.6 is 0 Å². The summed E-state index contributed by atoms with van der Waals surface area (Å²) in [4.78, 5) is 23.2. The molecule has 6 heteroatoms. The Morgan fingerprint density at radius 3 is 2.53 bits per heavy atom. The monoisotopic (exact) mass is 502 g/mol. The van der Waals surface area contributed by atoms with Gasteiger partial charge in [-0.05, 0) is 87.7 Å². The van der Waals surface area contributed by atoms with Crippen LogP contribution in [-0.4, -0.2) is 47.6 Å². The first-order chi connectivity index (χ1) is 16.8. The van der Waals surface area contributed by atoms with E-state index in [1.54, 1.807) is 0 Å². The predicted molar refractivity (Wildman–Crippen MR) is 140 cm³/mol. The lowest BCUT2D eigenvalue weighted by Gasteiger charge is -2.44. The molecular weight excluding hydrogens is 456 g/mol. The van der Waals surface area contributed by atoms with Gasteiger partial charge in [-0.15, -0.1) is 0 Å². The van der Waals surface area contributed by atoms with Crippen LogP contribution in [-0.2, 0) is 23.8 Å². The molecule has 0 aromatic rings. The zero-order valence-corrected chi connectivity index (χ0v) is 23.1. The van der Waals surface area contributed by atoms with Crippen LogP contribution in [0.1, 0.15) is 92.9 Å². The lowest BCUT2D eigenvalue weighted by Crippen LogP contribution is -2.39. The highest BCUT2D eigenvalue weighted by atomic mass is 16.6. The van der Waals surface area contributed by atoms with Crippen molar-refractivity contribution in [1.82, 2.24) is 0 Å². The van der Waals surface area contributed by atoms with E-state index in [0.29, 0.717) is 37.7 Å². The summed E-state index contributed by atoms with van der Waals surface area (Å²) >= 11 is 0. The number of ether oxygens (including phenoxy) is 3. The molecule has 0 radical (unpaired) electrons. The van der Waals surface area contributed by atoms with E-state index in [-0.39, 0.29) is 29.6 Å². The molecule has 0 heterocycles. The Kier molecular flexibility index (Phi) is 9.26. The Labute approximate surface area is 217 Å². The van der Waals surface area contributed by atoms with Gasteiger partial charge in [-0.2, -0.15) is 0 Å². The molecule has 0 unspecified atom stereocenters. The van der Waals surface area contributed by atoms with Crippen LogP contribution in [0, 0.1) is 17.3 Å². The first-order valence-electron chi connectivity index (χ1n) is 13.6. The van der Waals surface area contributed by atoms with Gasteiger partial charge in [0, 0.05) is 33.3 Å². The van der Waals surface area contributed by atoms with Gasteiger partial charge in [0.2, 0.25) is 0 Å². The zero-order valence-electron chi connectivity index (χ0n) is 23.1. The van der Waals surface area contributed by atoms with Gasteiger partial charge in [-0.3, -0.25) is 9.59 Å². The first-order valence-corrected chi connectivity index (χ1v) is 13.6. The molecule has 6 atom stereocenters. The number of hydrogen-bond acceptors (Lipinski definition) is 6. The zero-order chi connectivity index (χ0) is 26.7. The molecule has 3 aliphatic rings. The molecule has 3 rings (SSSR count). The third kappa shape index (κ3) is 7.10. The lowest BCUT2D eigenvalue weighted by molar-refractivity contribution is -0.152. The minimum absolute atomic E-state index is 0.159. The van der Waals surface area contributed by atoms with Crippen molar-refractivity contribution >= 4 is 11.9 Å². The molecule has 3 saturated carbocycles. The smallest absolute Gasteiger partial charge is 0.303 e. The summed E-state index contributed by atoms with van der Waals surface area (Å²) in [5.41, 5.74) is 2.73. The molecule has 36 heavy (non-hydrogen) atoms. The molecule has 0 amide bonds. The van der Waals surface area contributed by atoms with Gasteiger partial charge in [0.25, 0.3) is 0 Å². The van der Waals surface area contributed by atoms with Crippen molar-refractivity contribution in [2.24, 2.45) is 17.3 Å². The molecule has 0 aliphatic heterocycles. The van der Waals surface area contributed by atoms with E-state index in [9.17, 15) is 14.7 Å². The van der Waals surface area contributed by atoms with Crippen molar-refractivity contribution in [2.75, 3.05) is 6.61 Å². The van der Waals surface area contributed by atoms with Gasteiger partial charge in [-0.25, -0.2) is 0 Å². The number of aliphatic hydroxyl groups is 1. The summed E-state index contributed by atoms with van der Waals surface area (Å²) < 4.78 is 17.2. The van der Waals surface area contributed by atoms with E-state index in [2.05, 4.69) is 32.6 Å². The maximum Gasteiger partial charge on any atom is 0.303 e. The number of rotatable bonds is 8. The molecule has 0 aromatic heterocycles. The van der Waals surface area contributed by atoms with E-state index in [1.165, 1.54) is 25.8 Å². The van der Waals surface area contributed by atoms with Crippen LogP contribution in [0.25, 0.3) is 0 Å². The summed E-state index contributed by atoms with van der Waals surface area (Å²) in [6.45, 7) is 15.9. The van der Waals surface area contributed by atoms with Gasteiger partial charge in [0.1, 0.15) is 12.2 Å². The Hall–Kier alpha value is -1.92. The second-order valence-corrected chi connectivity index (χ2v) is 12.0. The fourth-order valence-electron chi connectivity index (χ4n) is 6.74. The molecule has 0 aromatic carbocycles. The SMILES string of the molecule is C=C1/C(=C\C=C2/CCC[C@]3(C)[C@@H]([C@H](C)OCCC(C)(C)O)CC[C@@H]23)C[C@@H](OC(C)=O)C[C@@H]1OC(C)=O. The van der Waals surface area contributed by atoms with E-state index in [4.69, 9.17) is 14.2 Å². The summed E-state index contributed by atoms with van der Waals surface area (Å²) in [6.07, 6.45) is 11.1. The fraction of sp³-hybridized carbons (Fsp3) is 0.733. The number of allylic oxidation sites excluding steroid dienone is 3. The molecule has 0 spiro atoms. The standard InChI is InChI=1S/C30H46O6/c1-19-24(17-25(35-21(3)31)18-28(19)36-22(4)32)11-10-23-9-8-14-30(7)26(12-13-27(23)30)20(2)34-16-15-29(5,6)33/h10-11,20,25-28,33H,1,8-9,12-18H2,2-7H3/b23-10+,24-11-/t20-,25+,26+,27-,28-,30+/m0/s1. The van der Waals surface area contributed by atoms with Gasteiger partial charge in [-0.1, -0.05) is 31.2 Å². The topological polar surface area (TPSA) is 82.1 Å². The number of hydrogen-bond donors (Lipinski definition) is 1. The quantitative estimate of drug-likeness (QED) is 0.420. The van der Waals surface area contributed by atoms with E-state index in [0.717, 1.165) is 36.8 Å². The summed E-state index contributed by atoms with van der Waals surface area (Å²) in [7, 11) is 0. The van der Waals surface area contributed by atoms with Crippen molar-refractivity contribution in [3.8, 4) is 0 Å². The summed E-state index contributed by atoms with van der Waals surface area (Å²) in [6, 6.07) is 0. The van der Waals surface area contributed by atoms with Crippen LogP contribution in [0.3, 0.4) is 0 Å². The van der Waals surface area contributed by atoms with Crippen molar-refractivity contribution < 1.29 is 28.9 Å². The van der Waals surface area contributed by atoms with Crippen LogP contribution in [0.4, 0.5) is 0 Å². The molecule has 3 aliphatic carbocycles. The Bertz CT molecular complexity index is 894. The lowest BCUT2D eigenvalue weighted by atomic mass is 9.62. The average molecular weight is 503 g/mol. The van der Waals surface area contributed by atoms with Crippen LogP contribution < -0.4 is 0 Å². The normalized spacial score (nSPS) is 33.9. The highest BCUT2D eigenvalue weighted by Crippen LogP contribution is 2.58. The molecule has 6 nitrogen and oxygen atoms in total. The molecule has 3 fully saturated rings. The minimum atomic E-state index is -0.706. The third-order valence-corrected chi connectivity index (χ3v) is 8.56. The molecular formula is C30H46O6. The van der Waals surface area contributed by atoms with Crippen LogP contribution in [0.2, 0.25) is 0 Å². The Balaban J connectivity index is 1.75. The Morgan fingerprint density at radius 1 is 1.19 bits per heavy atom.